The minimum atomic E-state index is -0.721. The Morgan fingerprint density at radius 2 is 1.80 bits per heavy atom. The van der Waals surface area contributed by atoms with E-state index in [1.54, 1.807) is 13.2 Å². The van der Waals surface area contributed by atoms with Crippen molar-refractivity contribution in [3.63, 3.8) is 0 Å². The maximum absolute atomic E-state index is 14.5. The second-order valence-electron chi connectivity index (χ2n) is 13.7. The standard InChI is InChI=1S/C38H45FN4O3/c1-38(31-8-6-9-31,37(44)46-26-27-12-14-33(45-2)15-13-27)42-24-30(34(25-42)29-7-5-10-32(39)21-29)23-41-19-16-28(17-20-41)35-22-40-36-11-3-4-18-43(35)36/h3-5,7,10-15,18,21-22,28,30-31,34H,6,8-9,16-17,19-20,23-26H2,1-2H3/t30-,34+,38+/m0/s1. The monoisotopic (exact) mass is 624 g/mol. The van der Waals surface area contributed by atoms with Crippen molar-refractivity contribution in [2.24, 2.45) is 11.8 Å². The molecule has 0 unspecified atom stereocenters. The molecule has 2 aliphatic heterocycles. The predicted octanol–water partition coefficient (Wildman–Crippen LogP) is 6.68. The summed E-state index contributed by atoms with van der Waals surface area (Å²) >= 11 is 0. The summed E-state index contributed by atoms with van der Waals surface area (Å²) < 4.78 is 28.1. The number of benzene rings is 2. The number of imidazole rings is 1. The largest absolute Gasteiger partial charge is 0.497 e. The minimum absolute atomic E-state index is 0.140. The molecule has 4 aromatic rings. The Morgan fingerprint density at radius 1 is 1.00 bits per heavy atom. The van der Waals surface area contributed by atoms with Gasteiger partial charge in [-0.05, 0) is 105 Å². The van der Waals surface area contributed by atoms with Gasteiger partial charge in [0.2, 0.25) is 0 Å². The highest BCUT2D eigenvalue weighted by atomic mass is 19.1. The molecule has 1 saturated carbocycles. The first-order valence-electron chi connectivity index (χ1n) is 16.9. The maximum Gasteiger partial charge on any atom is 0.326 e. The molecule has 0 spiro atoms. The zero-order valence-corrected chi connectivity index (χ0v) is 27.0. The number of rotatable bonds is 10. The Morgan fingerprint density at radius 3 is 2.52 bits per heavy atom. The molecule has 1 aliphatic carbocycles. The number of nitrogens with zero attached hydrogens (tertiary/aromatic N) is 4. The molecule has 3 atom stereocenters. The first-order valence-corrected chi connectivity index (χ1v) is 16.9. The molecule has 46 heavy (non-hydrogen) atoms. The lowest BCUT2D eigenvalue weighted by atomic mass is 9.70. The molecule has 2 aromatic carbocycles. The summed E-state index contributed by atoms with van der Waals surface area (Å²) in [6.07, 6.45) is 9.51. The van der Waals surface area contributed by atoms with Crippen LogP contribution in [-0.2, 0) is 16.1 Å². The van der Waals surface area contributed by atoms with Crippen molar-refractivity contribution in [3.05, 3.63) is 102 Å². The number of pyridine rings is 1. The van der Waals surface area contributed by atoms with Gasteiger partial charge in [0.25, 0.3) is 0 Å². The number of hydrogen-bond acceptors (Lipinski definition) is 6. The van der Waals surface area contributed by atoms with E-state index >= 15 is 0 Å². The smallest absolute Gasteiger partial charge is 0.326 e. The van der Waals surface area contributed by atoms with Crippen LogP contribution in [0.3, 0.4) is 0 Å². The fraction of sp³-hybridized carbons (Fsp3) is 0.474. The van der Waals surface area contributed by atoms with Crippen LogP contribution in [0, 0.1) is 17.7 Å². The second kappa shape index (κ2) is 13.2. The number of carbonyl (C=O) groups is 1. The molecule has 7 rings (SSSR count). The molecule has 3 fully saturated rings. The molecule has 0 amide bonds. The predicted molar refractivity (Wildman–Crippen MR) is 176 cm³/mol. The van der Waals surface area contributed by atoms with Gasteiger partial charge in [-0.2, -0.15) is 0 Å². The van der Waals surface area contributed by atoms with E-state index in [1.165, 1.54) is 11.8 Å². The van der Waals surface area contributed by atoms with Gasteiger partial charge in [-0.25, -0.2) is 9.37 Å². The quantitative estimate of drug-likeness (QED) is 0.184. The number of likely N-dealkylation sites (tertiary alicyclic amines) is 2. The molecule has 242 valence electrons. The zero-order chi connectivity index (χ0) is 31.7. The highest BCUT2D eigenvalue weighted by Crippen LogP contribution is 2.46. The maximum atomic E-state index is 14.5. The van der Waals surface area contributed by atoms with Gasteiger partial charge < -0.3 is 18.8 Å². The summed E-state index contributed by atoms with van der Waals surface area (Å²) in [5.41, 5.74) is 3.54. The second-order valence-corrected chi connectivity index (χ2v) is 13.7. The average molecular weight is 625 g/mol. The molecule has 0 bridgehead atoms. The van der Waals surface area contributed by atoms with E-state index in [2.05, 4.69) is 50.5 Å². The van der Waals surface area contributed by atoms with Crippen molar-refractivity contribution in [1.82, 2.24) is 19.2 Å². The van der Waals surface area contributed by atoms with Crippen molar-refractivity contribution < 1.29 is 18.7 Å². The molecule has 8 heteroatoms. The summed E-state index contributed by atoms with van der Waals surface area (Å²) in [5, 5.41) is 0. The molecular weight excluding hydrogens is 579 g/mol. The first-order chi connectivity index (χ1) is 22.4. The van der Waals surface area contributed by atoms with E-state index in [1.807, 2.05) is 42.6 Å². The lowest BCUT2D eigenvalue weighted by molar-refractivity contribution is -0.165. The minimum Gasteiger partial charge on any atom is -0.497 e. The number of aromatic nitrogens is 2. The van der Waals surface area contributed by atoms with E-state index in [9.17, 15) is 9.18 Å². The third-order valence-electron chi connectivity index (χ3n) is 11.2. The molecule has 4 heterocycles. The van der Waals surface area contributed by atoms with Crippen LogP contribution in [0.2, 0.25) is 0 Å². The van der Waals surface area contributed by atoms with Gasteiger partial charge in [0, 0.05) is 49.6 Å². The molecule has 3 aliphatic rings. The van der Waals surface area contributed by atoms with Gasteiger partial charge in [-0.3, -0.25) is 9.69 Å². The topological polar surface area (TPSA) is 59.3 Å². The van der Waals surface area contributed by atoms with Crippen molar-refractivity contribution in [2.75, 3.05) is 39.8 Å². The average Bonchev–Trinajstić information content (AvgIpc) is 3.68. The van der Waals surface area contributed by atoms with E-state index in [4.69, 9.17) is 9.47 Å². The normalized spacial score (nSPS) is 22.8. The van der Waals surface area contributed by atoms with Crippen LogP contribution in [0.15, 0.2) is 79.1 Å². The summed E-state index contributed by atoms with van der Waals surface area (Å²) in [6.45, 7) is 6.80. The number of halogens is 1. The summed E-state index contributed by atoms with van der Waals surface area (Å²) in [4.78, 5) is 23.7. The Kier molecular flexibility index (Phi) is 8.84. The molecule has 0 N–H and O–H groups in total. The number of carbonyl (C=O) groups excluding carboxylic acids is 1. The highest BCUT2D eigenvalue weighted by molar-refractivity contribution is 5.81. The molecular formula is C38H45FN4O3. The van der Waals surface area contributed by atoms with Crippen molar-refractivity contribution in [1.29, 1.82) is 0 Å². The molecule has 2 saturated heterocycles. The Bertz CT molecular complexity index is 1650. The molecule has 7 nitrogen and oxygen atoms in total. The van der Waals surface area contributed by atoms with Crippen LogP contribution >= 0.6 is 0 Å². The van der Waals surface area contributed by atoms with Gasteiger partial charge in [-0.1, -0.05) is 36.8 Å². The third kappa shape index (κ3) is 6.05. The van der Waals surface area contributed by atoms with Crippen LogP contribution in [-0.4, -0.2) is 70.5 Å². The van der Waals surface area contributed by atoms with Gasteiger partial charge in [0.05, 0.1) is 7.11 Å². The first kappa shape index (κ1) is 30.9. The SMILES string of the molecule is COc1ccc(COC(=O)[C@@](C)(C2CCC2)N2C[C@H](CN3CCC(c4cnc5ccccn45)CC3)[C@@H](c3cccc(F)c3)C2)cc1. The molecule has 2 aromatic heterocycles. The van der Waals surface area contributed by atoms with Crippen molar-refractivity contribution in [2.45, 2.75) is 63.0 Å². The van der Waals surface area contributed by atoms with Gasteiger partial charge in [0.15, 0.2) is 0 Å². The van der Waals surface area contributed by atoms with Crippen LogP contribution < -0.4 is 4.74 Å². The fourth-order valence-corrected chi connectivity index (χ4v) is 8.09. The lowest BCUT2D eigenvalue weighted by Crippen LogP contribution is -2.59. The number of ether oxygens (including phenoxy) is 2. The van der Waals surface area contributed by atoms with E-state index in [0.717, 1.165) is 87.4 Å². The summed E-state index contributed by atoms with van der Waals surface area (Å²) in [5.74, 6) is 1.58. The number of esters is 1. The van der Waals surface area contributed by atoms with Gasteiger partial charge in [0.1, 0.15) is 29.4 Å². The van der Waals surface area contributed by atoms with Crippen LogP contribution in [0.4, 0.5) is 4.39 Å². The van der Waals surface area contributed by atoms with Crippen LogP contribution in [0.1, 0.15) is 67.7 Å². The number of hydrogen-bond donors (Lipinski definition) is 0. The third-order valence-corrected chi connectivity index (χ3v) is 11.2. The van der Waals surface area contributed by atoms with Crippen LogP contribution in [0.25, 0.3) is 5.65 Å². The number of methoxy groups -OCH3 is 1. The van der Waals surface area contributed by atoms with Crippen molar-refractivity contribution in [3.8, 4) is 5.75 Å². The Labute approximate surface area is 271 Å². The van der Waals surface area contributed by atoms with E-state index < -0.39 is 5.54 Å². The molecule has 0 radical (unpaired) electrons. The summed E-state index contributed by atoms with van der Waals surface area (Å²) in [7, 11) is 1.64. The Balaban J connectivity index is 1.07. The van der Waals surface area contributed by atoms with Gasteiger partial charge >= 0.3 is 5.97 Å². The Hall–Kier alpha value is -3.75. The lowest BCUT2D eigenvalue weighted by Gasteiger charge is -2.46. The zero-order valence-electron chi connectivity index (χ0n) is 27.0. The van der Waals surface area contributed by atoms with E-state index in [-0.39, 0.29) is 36.1 Å². The van der Waals surface area contributed by atoms with Crippen LogP contribution in [0.5, 0.6) is 5.75 Å². The number of piperidine rings is 1. The summed E-state index contributed by atoms with van der Waals surface area (Å²) in [6, 6.07) is 20.9. The van der Waals surface area contributed by atoms with Crippen molar-refractivity contribution >= 4 is 11.6 Å². The van der Waals surface area contributed by atoms with Gasteiger partial charge in [-0.15, -0.1) is 0 Å². The highest BCUT2D eigenvalue weighted by Gasteiger charge is 2.53. The van der Waals surface area contributed by atoms with E-state index in [0.29, 0.717) is 5.92 Å². The fourth-order valence-electron chi connectivity index (χ4n) is 8.09. The number of fused-ring (bicyclic) bond motifs is 1.